The van der Waals surface area contributed by atoms with Crippen LogP contribution in [-0.2, 0) is 28.6 Å². The fraction of sp³-hybridized carbons (Fsp3) is 0.662. The highest BCUT2D eigenvalue weighted by Gasteiger charge is 2.19. The van der Waals surface area contributed by atoms with Crippen molar-refractivity contribution in [3.63, 3.8) is 0 Å². The van der Waals surface area contributed by atoms with Crippen molar-refractivity contribution in [2.24, 2.45) is 0 Å². The van der Waals surface area contributed by atoms with Crippen LogP contribution < -0.4 is 0 Å². The maximum Gasteiger partial charge on any atom is 0.306 e. The fourth-order valence-corrected chi connectivity index (χ4v) is 9.00. The molecule has 1 unspecified atom stereocenters. The summed E-state index contributed by atoms with van der Waals surface area (Å²) in [6, 6.07) is 0. The Morgan fingerprint density at radius 2 is 0.487 bits per heavy atom. The molecule has 454 valence electrons. The van der Waals surface area contributed by atoms with Crippen molar-refractivity contribution in [1.29, 1.82) is 0 Å². The molecule has 1 atom stereocenters. The van der Waals surface area contributed by atoms with Gasteiger partial charge in [0.1, 0.15) is 13.2 Å². The van der Waals surface area contributed by atoms with Crippen molar-refractivity contribution in [1.82, 2.24) is 0 Å². The van der Waals surface area contributed by atoms with Crippen LogP contribution in [0.5, 0.6) is 0 Å². The van der Waals surface area contributed by atoms with Crippen molar-refractivity contribution in [2.75, 3.05) is 13.2 Å². The predicted molar refractivity (Wildman–Crippen MR) is 348 cm³/mol. The van der Waals surface area contributed by atoms with Gasteiger partial charge in [-0.1, -0.05) is 296 Å². The average molecular weight is 1110 g/mol. The second kappa shape index (κ2) is 67.1. The van der Waals surface area contributed by atoms with E-state index in [4.69, 9.17) is 14.2 Å². The summed E-state index contributed by atoms with van der Waals surface area (Å²) >= 11 is 0. The van der Waals surface area contributed by atoms with E-state index in [-0.39, 0.29) is 31.1 Å². The number of ether oxygens (including phenoxy) is 3. The molecule has 80 heavy (non-hydrogen) atoms. The summed E-state index contributed by atoms with van der Waals surface area (Å²) in [5.41, 5.74) is 0. The van der Waals surface area contributed by atoms with Crippen LogP contribution in [0.1, 0.15) is 297 Å². The Bertz CT molecular complexity index is 1700. The number of carbonyl (C=O) groups is 3. The van der Waals surface area contributed by atoms with Gasteiger partial charge < -0.3 is 14.2 Å². The zero-order chi connectivity index (χ0) is 57.8. The van der Waals surface area contributed by atoms with E-state index in [9.17, 15) is 14.4 Å². The molecule has 0 aliphatic carbocycles. The SMILES string of the molecule is CC/C=C\C/C=C\C/C=C\C/C=C\C/C=C\C/C=C\C/C=C\CCCCCCCCCCCC(=O)OCC(COC(=O)CCCC/C=C\C/C=C\C/C=C\C/C=C\CC)OC(=O)CCCCCCCCCCCCCCCCCC. The molecular weight excluding hydrogens is 985 g/mol. The summed E-state index contributed by atoms with van der Waals surface area (Å²) in [5.74, 6) is -0.937. The molecule has 6 heteroatoms. The molecular formula is C74H122O6. The third-order valence-electron chi connectivity index (χ3n) is 13.9. The highest BCUT2D eigenvalue weighted by molar-refractivity contribution is 5.71. The quantitative estimate of drug-likeness (QED) is 0.0261. The number of hydrogen-bond donors (Lipinski definition) is 0. The number of rotatable bonds is 59. The van der Waals surface area contributed by atoms with E-state index in [1.807, 2.05) is 0 Å². The van der Waals surface area contributed by atoms with Gasteiger partial charge in [0.25, 0.3) is 0 Å². The number of allylic oxidation sites excluding steroid dienone is 22. The summed E-state index contributed by atoms with van der Waals surface area (Å²) in [6.45, 7) is 6.39. The first-order chi connectivity index (χ1) is 39.5. The fourth-order valence-electron chi connectivity index (χ4n) is 9.00. The van der Waals surface area contributed by atoms with Crippen LogP contribution in [0, 0.1) is 0 Å². The molecule has 0 saturated heterocycles. The Morgan fingerprint density at radius 3 is 0.787 bits per heavy atom. The van der Waals surface area contributed by atoms with E-state index in [1.165, 1.54) is 122 Å². The molecule has 0 N–H and O–H groups in total. The molecule has 0 heterocycles. The molecule has 0 aromatic heterocycles. The molecule has 0 radical (unpaired) electrons. The van der Waals surface area contributed by atoms with Crippen molar-refractivity contribution < 1.29 is 28.6 Å². The Morgan fingerprint density at radius 1 is 0.263 bits per heavy atom. The molecule has 0 aromatic rings. The molecule has 0 fully saturated rings. The topological polar surface area (TPSA) is 78.9 Å². The Balaban J connectivity index is 4.33. The highest BCUT2D eigenvalue weighted by atomic mass is 16.6. The minimum absolute atomic E-state index is 0.0953. The highest BCUT2D eigenvalue weighted by Crippen LogP contribution is 2.16. The first-order valence-corrected chi connectivity index (χ1v) is 33.2. The van der Waals surface area contributed by atoms with Gasteiger partial charge in [-0.2, -0.15) is 0 Å². The molecule has 0 amide bonds. The maximum absolute atomic E-state index is 12.9. The smallest absolute Gasteiger partial charge is 0.306 e. The lowest BCUT2D eigenvalue weighted by Gasteiger charge is -2.18. The summed E-state index contributed by atoms with van der Waals surface area (Å²) in [5, 5.41) is 0. The van der Waals surface area contributed by atoms with E-state index in [0.717, 1.165) is 135 Å². The van der Waals surface area contributed by atoms with Crippen molar-refractivity contribution in [3.8, 4) is 0 Å². The number of unbranched alkanes of at least 4 members (excludes halogenated alkanes) is 26. The van der Waals surface area contributed by atoms with Crippen LogP contribution >= 0.6 is 0 Å². The molecule has 0 bridgehead atoms. The van der Waals surface area contributed by atoms with Crippen LogP contribution in [0.15, 0.2) is 134 Å². The van der Waals surface area contributed by atoms with E-state index in [0.29, 0.717) is 19.3 Å². The van der Waals surface area contributed by atoms with Crippen molar-refractivity contribution >= 4 is 17.9 Å². The standard InChI is InChI=1S/C74H122O6/c1-4-7-10-13-16-19-22-25-28-30-31-32-33-34-35-36-37-38-39-40-41-42-43-44-47-49-52-55-58-61-64-67-73(76)79-70-71(69-78-72(75)66-63-60-57-54-51-48-45-27-24-21-18-15-12-9-6-3)80-74(77)68-65-62-59-56-53-50-46-29-26-23-20-17-14-11-8-5-2/h7,9-10,12,16,18-19,21,25,27-28,31-32,34-35,37-38,40-41,45,51,54,71H,4-6,8,11,13-15,17,20,22-24,26,29-30,33,36,39,42-44,46-50,52-53,55-70H2,1-3H3/b10-7-,12-9-,19-16-,21-18-,28-25-,32-31-,35-34-,38-37-,41-40-,45-27-,54-51-. The number of esters is 3. The van der Waals surface area contributed by atoms with Gasteiger partial charge in [-0.25, -0.2) is 0 Å². The van der Waals surface area contributed by atoms with Crippen LogP contribution in [0.25, 0.3) is 0 Å². The maximum atomic E-state index is 12.9. The second-order valence-electron chi connectivity index (χ2n) is 21.6. The Labute approximate surface area is 494 Å². The van der Waals surface area contributed by atoms with Crippen molar-refractivity contribution in [3.05, 3.63) is 134 Å². The lowest BCUT2D eigenvalue weighted by molar-refractivity contribution is -0.167. The third-order valence-corrected chi connectivity index (χ3v) is 13.9. The van der Waals surface area contributed by atoms with Gasteiger partial charge in [0.2, 0.25) is 0 Å². The van der Waals surface area contributed by atoms with Crippen LogP contribution in [-0.4, -0.2) is 37.2 Å². The van der Waals surface area contributed by atoms with Crippen molar-refractivity contribution in [2.45, 2.75) is 303 Å². The average Bonchev–Trinajstić information content (AvgIpc) is 3.46. The van der Waals surface area contributed by atoms with E-state index in [2.05, 4.69) is 154 Å². The monoisotopic (exact) mass is 1110 g/mol. The third kappa shape index (κ3) is 64.4. The summed E-state index contributed by atoms with van der Waals surface area (Å²) in [7, 11) is 0. The summed E-state index contributed by atoms with van der Waals surface area (Å²) < 4.78 is 16.9. The molecule has 0 saturated carbocycles. The zero-order valence-electron chi connectivity index (χ0n) is 52.0. The van der Waals surface area contributed by atoms with Gasteiger partial charge in [-0.05, 0) is 116 Å². The summed E-state index contributed by atoms with van der Waals surface area (Å²) in [4.78, 5) is 38.3. The van der Waals surface area contributed by atoms with Gasteiger partial charge in [-0.15, -0.1) is 0 Å². The lowest BCUT2D eigenvalue weighted by atomic mass is 10.0. The van der Waals surface area contributed by atoms with E-state index in [1.54, 1.807) is 0 Å². The zero-order valence-corrected chi connectivity index (χ0v) is 52.0. The van der Waals surface area contributed by atoms with Crippen LogP contribution in [0.3, 0.4) is 0 Å². The van der Waals surface area contributed by atoms with Gasteiger partial charge in [0.05, 0.1) is 0 Å². The van der Waals surface area contributed by atoms with Crippen LogP contribution in [0.4, 0.5) is 0 Å². The molecule has 0 aliphatic rings. The van der Waals surface area contributed by atoms with E-state index >= 15 is 0 Å². The Hall–Kier alpha value is -4.45. The summed E-state index contributed by atoms with van der Waals surface area (Å²) in [6.07, 6.45) is 94.7. The minimum atomic E-state index is -0.801. The molecule has 0 aliphatic heterocycles. The first kappa shape index (κ1) is 75.5. The Kier molecular flexibility index (Phi) is 63.3. The van der Waals surface area contributed by atoms with E-state index < -0.39 is 6.10 Å². The molecule has 0 spiro atoms. The normalized spacial score (nSPS) is 13.0. The van der Waals surface area contributed by atoms with Gasteiger partial charge in [-0.3, -0.25) is 14.4 Å². The first-order valence-electron chi connectivity index (χ1n) is 33.2. The number of hydrogen-bond acceptors (Lipinski definition) is 6. The lowest BCUT2D eigenvalue weighted by Crippen LogP contribution is -2.30. The largest absolute Gasteiger partial charge is 0.462 e. The van der Waals surface area contributed by atoms with Gasteiger partial charge in [0, 0.05) is 19.3 Å². The van der Waals surface area contributed by atoms with Gasteiger partial charge >= 0.3 is 17.9 Å². The van der Waals surface area contributed by atoms with Crippen LogP contribution in [0.2, 0.25) is 0 Å². The number of carbonyl (C=O) groups excluding carboxylic acids is 3. The predicted octanol–water partition coefficient (Wildman–Crippen LogP) is 22.9. The minimum Gasteiger partial charge on any atom is -0.462 e. The molecule has 0 rings (SSSR count). The van der Waals surface area contributed by atoms with Gasteiger partial charge in [0.15, 0.2) is 6.10 Å². The molecule has 6 nitrogen and oxygen atoms in total. The molecule has 0 aromatic carbocycles. The second-order valence-corrected chi connectivity index (χ2v) is 21.6.